The summed E-state index contributed by atoms with van der Waals surface area (Å²) in [6.07, 6.45) is 19.2. The van der Waals surface area contributed by atoms with Gasteiger partial charge in [-0.25, -0.2) is 4.79 Å². The van der Waals surface area contributed by atoms with Crippen molar-refractivity contribution < 1.29 is 28.5 Å². The average molecular weight is 603 g/mol. The molecule has 0 amide bonds. The van der Waals surface area contributed by atoms with Crippen molar-refractivity contribution in [1.82, 2.24) is 0 Å². The zero-order valence-corrected chi connectivity index (χ0v) is 26.6. The predicted molar refractivity (Wildman–Crippen MR) is 180 cm³/mol. The fourth-order valence-corrected chi connectivity index (χ4v) is 4.75. The number of esters is 1. The Balaban J connectivity index is 0.00000159. The third-order valence-electron chi connectivity index (χ3n) is 7.17. The highest BCUT2D eigenvalue weighted by Gasteiger charge is 2.12. The fourth-order valence-electron chi connectivity index (χ4n) is 4.75. The molecule has 3 rings (SSSR count). The van der Waals surface area contributed by atoms with Gasteiger partial charge in [0.05, 0.1) is 19.3 Å². The van der Waals surface area contributed by atoms with Crippen LogP contribution in [0.2, 0.25) is 0 Å². The molecule has 0 bridgehead atoms. The normalized spacial score (nSPS) is 13.7. The maximum Gasteiger partial charge on any atom is 0.330 e. The second-order valence-corrected chi connectivity index (χ2v) is 10.6. The maximum absolute atomic E-state index is 11.0. The van der Waals surface area contributed by atoms with Crippen LogP contribution in [0, 0.1) is 6.92 Å². The molecule has 0 saturated carbocycles. The van der Waals surface area contributed by atoms with Crippen LogP contribution in [-0.4, -0.2) is 51.9 Å². The number of allylic oxidation sites excluding steroid dienone is 3. The molecule has 0 saturated heterocycles. The van der Waals surface area contributed by atoms with E-state index in [4.69, 9.17) is 23.7 Å². The summed E-state index contributed by atoms with van der Waals surface area (Å²) in [7, 11) is 1.75. The molecule has 1 atom stereocenters. The van der Waals surface area contributed by atoms with E-state index in [1.165, 1.54) is 52.8 Å². The Morgan fingerprint density at radius 1 is 0.864 bits per heavy atom. The summed E-state index contributed by atoms with van der Waals surface area (Å²) in [5.74, 6) is 0.577. The molecule has 0 radical (unpaired) electrons. The molecular formula is C38H50O6. The molecule has 2 aromatic rings. The van der Waals surface area contributed by atoms with Gasteiger partial charge in [-0.2, -0.15) is 0 Å². The number of unbranched alkanes of at least 4 members (excludes halogenated alkanes) is 6. The summed E-state index contributed by atoms with van der Waals surface area (Å²) < 4.78 is 22.1. The quantitative estimate of drug-likeness (QED) is 0.0654. The molecular weight excluding hydrogens is 552 g/mol. The number of ether oxygens (including phenoxy) is 4. The fraction of sp³-hybridized carbons (Fsp3) is 0.421. The Kier molecular flexibility index (Phi) is 18.8. The number of carbonyl (C=O) groups is 2. The number of aryl methyl sites for hydroxylation is 1. The number of hydrogen-bond donors (Lipinski definition) is 0. The molecule has 2 aromatic carbocycles. The molecule has 0 N–H and O–H groups in total. The summed E-state index contributed by atoms with van der Waals surface area (Å²) >= 11 is 0. The lowest BCUT2D eigenvalue weighted by Crippen LogP contribution is -2.12. The third kappa shape index (κ3) is 14.6. The number of benzene rings is 2. The van der Waals surface area contributed by atoms with Crippen LogP contribution in [-0.2, 0) is 23.8 Å². The monoisotopic (exact) mass is 602 g/mol. The first-order valence-corrected chi connectivity index (χ1v) is 15.7. The third-order valence-corrected chi connectivity index (χ3v) is 7.17. The molecule has 1 unspecified atom stereocenters. The minimum absolute atomic E-state index is 0.133. The van der Waals surface area contributed by atoms with Crippen molar-refractivity contribution in [3.8, 4) is 16.9 Å². The summed E-state index contributed by atoms with van der Waals surface area (Å²) in [4.78, 5) is 20.1. The molecule has 0 aromatic heterocycles. The summed E-state index contributed by atoms with van der Waals surface area (Å²) in [6.45, 7) is 11.5. The Morgan fingerprint density at radius 2 is 1.50 bits per heavy atom. The number of methoxy groups -OCH3 is 1. The molecule has 0 spiro atoms. The van der Waals surface area contributed by atoms with Gasteiger partial charge in [0.2, 0.25) is 0 Å². The Bertz CT molecular complexity index is 1190. The van der Waals surface area contributed by atoms with Crippen molar-refractivity contribution in [3.63, 3.8) is 0 Å². The van der Waals surface area contributed by atoms with Gasteiger partial charge in [-0.1, -0.05) is 74.6 Å². The molecule has 1 aliphatic carbocycles. The van der Waals surface area contributed by atoms with E-state index in [0.29, 0.717) is 12.9 Å². The highest BCUT2D eigenvalue weighted by atomic mass is 16.5. The van der Waals surface area contributed by atoms with Crippen LogP contribution in [0.25, 0.3) is 16.7 Å². The van der Waals surface area contributed by atoms with Crippen molar-refractivity contribution in [2.24, 2.45) is 0 Å². The number of hydrogen-bond acceptors (Lipinski definition) is 6. The lowest BCUT2D eigenvalue weighted by Gasteiger charge is -2.18. The maximum atomic E-state index is 11.0. The summed E-state index contributed by atoms with van der Waals surface area (Å²) in [5.41, 5.74) is 6.19. The lowest BCUT2D eigenvalue weighted by molar-refractivity contribution is -0.137. The second-order valence-electron chi connectivity index (χ2n) is 10.6. The van der Waals surface area contributed by atoms with Crippen molar-refractivity contribution in [3.05, 3.63) is 97.1 Å². The van der Waals surface area contributed by atoms with Crippen LogP contribution < -0.4 is 4.74 Å². The van der Waals surface area contributed by atoms with Crippen molar-refractivity contribution in [2.45, 2.75) is 70.8 Å². The van der Waals surface area contributed by atoms with Crippen LogP contribution in [0.5, 0.6) is 5.75 Å². The van der Waals surface area contributed by atoms with Crippen molar-refractivity contribution in [2.75, 3.05) is 33.5 Å². The van der Waals surface area contributed by atoms with Crippen molar-refractivity contribution in [1.29, 1.82) is 0 Å². The van der Waals surface area contributed by atoms with E-state index in [2.05, 4.69) is 80.8 Å². The smallest absolute Gasteiger partial charge is 0.330 e. The molecule has 1 aliphatic rings. The minimum Gasteiger partial charge on any atom is -0.494 e. The van der Waals surface area contributed by atoms with Gasteiger partial charge < -0.3 is 18.9 Å². The molecule has 0 aliphatic heterocycles. The van der Waals surface area contributed by atoms with Gasteiger partial charge in [0.25, 0.3) is 0 Å². The SMILES string of the molecule is C=CC(=O)OCCCCCCOC1C=CC(c2ccc(-c3ccc(OCCCCCCOC)cc3)c(C)c2)=CC1.C=CC=O. The number of rotatable bonds is 20. The van der Waals surface area contributed by atoms with E-state index in [0.717, 1.165) is 70.5 Å². The molecule has 44 heavy (non-hydrogen) atoms. The van der Waals surface area contributed by atoms with E-state index in [1.54, 1.807) is 7.11 Å². The second kappa shape index (κ2) is 22.8. The Morgan fingerprint density at radius 3 is 2.09 bits per heavy atom. The van der Waals surface area contributed by atoms with E-state index >= 15 is 0 Å². The van der Waals surface area contributed by atoms with Gasteiger partial charge in [0, 0.05) is 26.4 Å². The van der Waals surface area contributed by atoms with Crippen molar-refractivity contribution >= 4 is 17.8 Å². The predicted octanol–water partition coefficient (Wildman–Crippen LogP) is 8.64. The lowest BCUT2D eigenvalue weighted by atomic mass is 9.93. The minimum atomic E-state index is -0.349. The molecule has 6 heteroatoms. The van der Waals surface area contributed by atoms with E-state index in [1.807, 2.05) is 0 Å². The highest BCUT2D eigenvalue weighted by Crippen LogP contribution is 2.30. The van der Waals surface area contributed by atoms with Crippen LogP contribution in [0.15, 0.2) is 86.0 Å². The first-order valence-electron chi connectivity index (χ1n) is 15.7. The van der Waals surface area contributed by atoms with Crippen LogP contribution in [0.4, 0.5) is 0 Å². The topological polar surface area (TPSA) is 71.1 Å². The number of aldehydes is 1. The van der Waals surface area contributed by atoms with Crippen LogP contribution >= 0.6 is 0 Å². The first-order chi connectivity index (χ1) is 21.5. The van der Waals surface area contributed by atoms with E-state index < -0.39 is 0 Å². The molecule has 0 fully saturated rings. The first kappa shape index (κ1) is 36.5. The van der Waals surface area contributed by atoms with Gasteiger partial charge in [-0.05, 0) is 97.9 Å². The van der Waals surface area contributed by atoms with E-state index in [-0.39, 0.29) is 12.1 Å². The molecule has 238 valence electrons. The zero-order chi connectivity index (χ0) is 31.8. The van der Waals surface area contributed by atoms with Crippen LogP contribution in [0.1, 0.15) is 68.9 Å². The summed E-state index contributed by atoms with van der Waals surface area (Å²) in [5, 5.41) is 0. The standard InChI is InChI=1S/C35H46O5.C3H4O/c1-4-35(36)40-26-12-8-7-11-25-38-32-18-13-29(14-19-32)31-17-22-34(28(2)27-31)30-15-20-33(21-16-30)39-24-10-6-5-9-23-37-3;1-2-3-4/h4,13-18,20-22,27,32H,1,5-12,19,23-26H2,2-3H3;2-3H,1H2. The van der Waals surface area contributed by atoms with E-state index in [9.17, 15) is 4.79 Å². The van der Waals surface area contributed by atoms with Gasteiger partial charge in [-0.15, -0.1) is 0 Å². The zero-order valence-electron chi connectivity index (χ0n) is 26.6. The van der Waals surface area contributed by atoms with Gasteiger partial charge >= 0.3 is 5.97 Å². The van der Waals surface area contributed by atoms with Gasteiger partial charge in [0.15, 0.2) is 0 Å². The van der Waals surface area contributed by atoms with Crippen LogP contribution in [0.3, 0.4) is 0 Å². The highest BCUT2D eigenvalue weighted by molar-refractivity contribution is 5.81. The largest absolute Gasteiger partial charge is 0.494 e. The average Bonchev–Trinajstić information content (AvgIpc) is 3.06. The Hall–Kier alpha value is -3.74. The Labute approximate surface area is 264 Å². The molecule has 6 nitrogen and oxygen atoms in total. The molecule has 0 heterocycles. The van der Waals surface area contributed by atoms with Gasteiger partial charge in [0.1, 0.15) is 12.0 Å². The van der Waals surface area contributed by atoms with Gasteiger partial charge in [-0.3, -0.25) is 4.79 Å². The number of carbonyl (C=O) groups excluding carboxylic acids is 2. The summed E-state index contributed by atoms with van der Waals surface area (Å²) in [6, 6.07) is 15.1.